The van der Waals surface area contributed by atoms with Crippen LogP contribution in [-0.2, 0) is 17.7 Å². The number of nitrogens with zero attached hydrogens (tertiary/aromatic N) is 4. The number of fused-ring (bicyclic) bond motifs is 2. The molecule has 178 valence electrons. The Morgan fingerprint density at radius 3 is 2.74 bits per heavy atom. The number of rotatable bonds is 3. The Morgan fingerprint density at radius 2 is 1.97 bits per heavy atom. The fourth-order valence-corrected chi connectivity index (χ4v) is 6.17. The quantitative estimate of drug-likeness (QED) is 0.569. The predicted octanol–water partition coefficient (Wildman–Crippen LogP) is 3.08. The first-order chi connectivity index (χ1) is 16.4. The maximum atomic E-state index is 13.6. The van der Waals surface area contributed by atoms with Gasteiger partial charge in [0.05, 0.1) is 28.4 Å². The minimum atomic E-state index is -0.280. The topological polar surface area (TPSA) is 107 Å². The minimum Gasteiger partial charge on any atom is -0.381 e. The average Bonchev–Trinajstić information content (AvgIpc) is 3.29. The first kappa shape index (κ1) is 21.9. The number of benzene rings is 1. The molecule has 1 spiro atoms. The lowest BCUT2D eigenvalue weighted by Gasteiger charge is -2.53. The molecule has 3 aliphatic rings. The molecule has 0 atom stereocenters. The van der Waals surface area contributed by atoms with Gasteiger partial charge < -0.3 is 19.5 Å². The predicted molar refractivity (Wildman–Crippen MR) is 129 cm³/mol. The Hall–Kier alpha value is -2.62. The Bertz CT molecular complexity index is 1370. The molecule has 6 rings (SSSR count). The monoisotopic (exact) mass is 502 g/mol. The minimum absolute atomic E-state index is 0.113. The van der Waals surface area contributed by atoms with Crippen molar-refractivity contribution in [3.8, 4) is 0 Å². The van der Waals surface area contributed by atoms with Crippen molar-refractivity contribution in [2.45, 2.75) is 32.7 Å². The summed E-state index contributed by atoms with van der Waals surface area (Å²) >= 11 is 13.5. The second-order valence-electron chi connectivity index (χ2n) is 9.58. The average molecular weight is 503 g/mol. The molecule has 3 aliphatic heterocycles. The lowest BCUT2D eigenvalue weighted by atomic mass is 9.73. The molecule has 0 unspecified atom stereocenters. The molecule has 0 radical (unpaired) electrons. The van der Waals surface area contributed by atoms with E-state index in [0.29, 0.717) is 50.9 Å². The van der Waals surface area contributed by atoms with Gasteiger partial charge in [0.2, 0.25) is 0 Å². The normalized spacial score (nSPS) is 19.6. The van der Waals surface area contributed by atoms with Crippen LogP contribution in [0.3, 0.4) is 0 Å². The van der Waals surface area contributed by atoms with Gasteiger partial charge in [-0.05, 0) is 37.8 Å². The molecule has 2 saturated heterocycles. The summed E-state index contributed by atoms with van der Waals surface area (Å²) in [5.41, 5.74) is 4.15. The van der Waals surface area contributed by atoms with Crippen molar-refractivity contribution in [3.63, 3.8) is 0 Å². The summed E-state index contributed by atoms with van der Waals surface area (Å²) in [4.78, 5) is 33.0. The molecule has 3 aromatic rings. The summed E-state index contributed by atoms with van der Waals surface area (Å²) in [5, 5.41) is 11.7. The third-order valence-corrected chi connectivity index (χ3v) is 8.23. The van der Waals surface area contributed by atoms with E-state index in [1.54, 1.807) is 11.8 Å². The fourth-order valence-electron chi connectivity index (χ4n) is 5.51. The zero-order valence-electron chi connectivity index (χ0n) is 18.7. The number of H-pyrrole nitrogens is 2. The highest BCUT2D eigenvalue weighted by Gasteiger charge is 2.45. The number of amides is 1. The summed E-state index contributed by atoms with van der Waals surface area (Å²) < 4.78 is 5.52. The highest BCUT2D eigenvalue weighted by atomic mass is 35.5. The van der Waals surface area contributed by atoms with Gasteiger partial charge >= 0.3 is 0 Å². The number of aromatic amines is 2. The van der Waals surface area contributed by atoms with Crippen LogP contribution in [0.25, 0.3) is 11.0 Å². The Labute approximate surface area is 205 Å². The molecule has 0 aliphatic carbocycles. The molecule has 0 bridgehead atoms. The van der Waals surface area contributed by atoms with E-state index in [9.17, 15) is 9.59 Å². The standard InChI is InChI=1S/C23H24Cl2N6O3/c1-12-19-20(28-29-27-19)14(21(32)26-12)9-30-5-2-13-15(24)8-16(18(25)17(13)22(30)33)31-10-23(11-31)3-6-34-7-4-23/h8H,2-7,9-11H2,1H3,(H,26,32)(H,27,28,29). The molecule has 5 heterocycles. The van der Waals surface area contributed by atoms with E-state index in [-0.39, 0.29) is 23.4 Å². The summed E-state index contributed by atoms with van der Waals surface area (Å²) in [6.45, 7) is 5.66. The lowest BCUT2D eigenvalue weighted by molar-refractivity contribution is -0.000186. The number of aryl methyl sites for hydroxylation is 1. The van der Waals surface area contributed by atoms with E-state index in [0.717, 1.165) is 50.4 Å². The third-order valence-electron chi connectivity index (χ3n) is 7.51. The number of anilines is 1. The van der Waals surface area contributed by atoms with E-state index in [2.05, 4.69) is 25.3 Å². The molecule has 11 heteroatoms. The molecule has 9 nitrogen and oxygen atoms in total. The van der Waals surface area contributed by atoms with Gasteiger partial charge in [-0.1, -0.05) is 28.4 Å². The van der Waals surface area contributed by atoms with E-state index in [1.807, 2.05) is 6.07 Å². The van der Waals surface area contributed by atoms with Crippen molar-refractivity contribution in [2.75, 3.05) is 37.7 Å². The largest absolute Gasteiger partial charge is 0.381 e. The SMILES string of the molecule is Cc1[nH]c(=O)c(CN2CCc3c(Cl)cc(N4CC5(CCOCC5)C4)c(Cl)c3C2=O)c2nn[nH]c12. The molecule has 1 aromatic carbocycles. The Balaban J connectivity index is 1.32. The van der Waals surface area contributed by atoms with Crippen LogP contribution in [0.2, 0.25) is 10.0 Å². The van der Waals surface area contributed by atoms with Gasteiger partial charge in [0.25, 0.3) is 11.5 Å². The van der Waals surface area contributed by atoms with Crippen LogP contribution in [0.1, 0.15) is 40.0 Å². The summed E-state index contributed by atoms with van der Waals surface area (Å²) in [7, 11) is 0. The summed E-state index contributed by atoms with van der Waals surface area (Å²) in [6.07, 6.45) is 2.63. The van der Waals surface area contributed by atoms with Crippen molar-refractivity contribution in [1.82, 2.24) is 25.3 Å². The van der Waals surface area contributed by atoms with Gasteiger partial charge in [-0.25, -0.2) is 0 Å². The van der Waals surface area contributed by atoms with Crippen LogP contribution < -0.4 is 10.5 Å². The van der Waals surface area contributed by atoms with Crippen LogP contribution in [0, 0.1) is 12.3 Å². The molecule has 34 heavy (non-hydrogen) atoms. The number of pyridine rings is 1. The Kier molecular flexibility index (Phi) is 5.13. The maximum absolute atomic E-state index is 13.6. The highest BCUT2D eigenvalue weighted by molar-refractivity contribution is 6.39. The number of hydrogen-bond acceptors (Lipinski definition) is 6. The summed E-state index contributed by atoms with van der Waals surface area (Å²) in [5.74, 6) is -0.229. The van der Waals surface area contributed by atoms with Gasteiger partial charge in [-0.15, -0.1) is 5.10 Å². The van der Waals surface area contributed by atoms with Crippen LogP contribution in [0.5, 0.6) is 0 Å². The zero-order valence-corrected chi connectivity index (χ0v) is 20.2. The van der Waals surface area contributed by atoms with Crippen LogP contribution in [0.4, 0.5) is 5.69 Å². The van der Waals surface area contributed by atoms with Gasteiger partial charge in [0.1, 0.15) is 11.0 Å². The second kappa shape index (κ2) is 7.96. The van der Waals surface area contributed by atoms with Crippen molar-refractivity contribution >= 4 is 45.8 Å². The first-order valence-electron chi connectivity index (χ1n) is 11.4. The molecule has 2 fully saturated rings. The van der Waals surface area contributed by atoms with Crippen molar-refractivity contribution in [1.29, 1.82) is 0 Å². The lowest BCUT2D eigenvalue weighted by Crippen LogP contribution is -2.58. The maximum Gasteiger partial charge on any atom is 0.256 e. The van der Waals surface area contributed by atoms with Crippen LogP contribution in [-0.4, -0.2) is 64.0 Å². The molecular formula is C23H24Cl2N6O3. The number of halogens is 2. The van der Waals surface area contributed by atoms with E-state index < -0.39 is 0 Å². The third kappa shape index (κ3) is 3.32. The molecule has 1 amide bonds. The number of carbonyl (C=O) groups excluding carboxylic acids is 1. The van der Waals surface area contributed by atoms with E-state index >= 15 is 0 Å². The van der Waals surface area contributed by atoms with Gasteiger partial charge in [-0.2, -0.15) is 0 Å². The summed E-state index contributed by atoms with van der Waals surface area (Å²) in [6, 6.07) is 1.89. The second-order valence-corrected chi connectivity index (χ2v) is 10.4. The van der Waals surface area contributed by atoms with Crippen molar-refractivity contribution < 1.29 is 9.53 Å². The van der Waals surface area contributed by atoms with Gasteiger partial charge in [0.15, 0.2) is 0 Å². The van der Waals surface area contributed by atoms with E-state index in [4.69, 9.17) is 27.9 Å². The number of ether oxygens (including phenoxy) is 1. The van der Waals surface area contributed by atoms with Gasteiger partial charge in [-0.3, -0.25) is 14.7 Å². The first-order valence-corrected chi connectivity index (χ1v) is 12.2. The smallest absolute Gasteiger partial charge is 0.256 e. The van der Waals surface area contributed by atoms with Crippen molar-refractivity contribution in [2.24, 2.45) is 5.41 Å². The van der Waals surface area contributed by atoms with Crippen LogP contribution in [0.15, 0.2) is 10.9 Å². The van der Waals surface area contributed by atoms with E-state index in [1.165, 1.54) is 0 Å². The molecule has 2 N–H and O–H groups in total. The highest BCUT2D eigenvalue weighted by Crippen LogP contribution is 2.47. The van der Waals surface area contributed by atoms with Gasteiger partial charge in [0, 0.05) is 49.0 Å². The fraction of sp³-hybridized carbons (Fsp3) is 0.478. The molecule has 0 saturated carbocycles. The molecular weight excluding hydrogens is 479 g/mol. The van der Waals surface area contributed by atoms with Crippen LogP contribution >= 0.6 is 23.2 Å². The molecule has 2 aromatic heterocycles. The number of carbonyl (C=O) groups is 1. The number of hydrogen-bond donors (Lipinski definition) is 2. The number of aromatic nitrogens is 4. The zero-order chi connectivity index (χ0) is 23.6. The van der Waals surface area contributed by atoms with Crippen molar-refractivity contribution in [3.05, 3.63) is 48.8 Å². The Morgan fingerprint density at radius 1 is 1.21 bits per heavy atom. The number of nitrogens with one attached hydrogen (secondary N) is 2.